The van der Waals surface area contributed by atoms with Crippen molar-refractivity contribution in [1.29, 1.82) is 0 Å². The Kier molecular flexibility index (Phi) is 5.36. The van der Waals surface area contributed by atoms with E-state index in [1.54, 1.807) is 0 Å². The molecule has 1 saturated carbocycles. The molecule has 0 spiro atoms. The highest BCUT2D eigenvalue weighted by Crippen LogP contribution is 2.35. The Morgan fingerprint density at radius 2 is 1.61 bits per heavy atom. The van der Waals surface area contributed by atoms with E-state index in [1.807, 2.05) is 44.4 Å². The third-order valence-corrected chi connectivity index (χ3v) is 4.00. The molecule has 1 aromatic carbocycles. The number of nitrogens with zero attached hydrogens (tertiary/aromatic N) is 1. The second-order valence-electron chi connectivity index (χ2n) is 5.18. The Hall–Kier alpha value is -0.860. The lowest BCUT2D eigenvalue weighted by Gasteiger charge is -2.41. The van der Waals surface area contributed by atoms with Gasteiger partial charge in [-0.3, -0.25) is 9.69 Å². The summed E-state index contributed by atoms with van der Waals surface area (Å²) < 4.78 is 0. The van der Waals surface area contributed by atoms with Crippen molar-refractivity contribution < 1.29 is 4.79 Å². The first-order chi connectivity index (χ1) is 8.17. The van der Waals surface area contributed by atoms with Gasteiger partial charge in [-0.05, 0) is 26.9 Å². The number of hydrogen-bond acceptors (Lipinski definition) is 2. The van der Waals surface area contributed by atoms with Crippen LogP contribution in [0.25, 0.3) is 0 Å². The number of likely N-dealkylation sites (N-methyl/N-ethyl adjacent to an activating group) is 1. The van der Waals surface area contributed by atoms with Crippen molar-refractivity contribution >= 4 is 18.2 Å². The Morgan fingerprint density at radius 1 is 1.06 bits per heavy atom. The number of ketones is 1. The van der Waals surface area contributed by atoms with E-state index in [0.29, 0.717) is 5.78 Å². The molecular formula is C15H22ClNO. The van der Waals surface area contributed by atoms with Crippen LogP contribution in [0.2, 0.25) is 0 Å². The summed E-state index contributed by atoms with van der Waals surface area (Å²) in [7, 11) is 4.07. The third-order valence-electron chi connectivity index (χ3n) is 4.00. The number of carbonyl (C=O) groups excluding carboxylic acids is 1. The van der Waals surface area contributed by atoms with Gasteiger partial charge < -0.3 is 0 Å². The molecule has 1 aliphatic rings. The van der Waals surface area contributed by atoms with Crippen LogP contribution in [-0.2, 0) is 0 Å². The maximum absolute atomic E-state index is 12.7. The fraction of sp³-hybridized carbons (Fsp3) is 0.533. The Balaban J connectivity index is 0.00000162. The van der Waals surface area contributed by atoms with Crippen LogP contribution in [0.15, 0.2) is 30.3 Å². The first-order valence-electron chi connectivity index (χ1n) is 6.44. The first-order valence-corrected chi connectivity index (χ1v) is 6.44. The lowest BCUT2D eigenvalue weighted by molar-refractivity contribution is 0.0564. The van der Waals surface area contributed by atoms with Crippen molar-refractivity contribution in [1.82, 2.24) is 4.90 Å². The van der Waals surface area contributed by atoms with Crippen molar-refractivity contribution in [2.45, 2.75) is 37.6 Å². The lowest BCUT2D eigenvalue weighted by atomic mass is 9.75. The van der Waals surface area contributed by atoms with Gasteiger partial charge in [-0.2, -0.15) is 0 Å². The van der Waals surface area contributed by atoms with Gasteiger partial charge in [0.05, 0.1) is 5.54 Å². The second-order valence-corrected chi connectivity index (χ2v) is 5.18. The highest BCUT2D eigenvalue weighted by Gasteiger charge is 2.41. The molecule has 2 rings (SSSR count). The van der Waals surface area contributed by atoms with E-state index in [4.69, 9.17) is 0 Å². The molecule has 0 radical (unpaired) electrons. The van der Waals surface area contributed by atoms with Gasteiger partial charge in [0.2, 0.25) is 0 Å². The van der Waals surface area contributed by atoms with Crippen LogP contribution in [0.1, 0.15) is 42.5 Å². The molecule has 0 unspecified atom stereocenters. The predicted molar refractivity (Wildman–Crippen MR) is 77.5 cm³/mol. The largest absolute Gasteiger partial charge is 0.297 e. The topological polar surface area (TPSA) is 20.3 Å². The predicted octanol–water partition coefficient (Wildman–Crippen LogP) is 3.56. The van der Waals surface area contributed by atoms with Crippen LogP contribution in [-0.4, -0.2) is 30.3 Å². The van der Waals surface area contributed by atoms with Crippen LogP contribution >= 0.6 is 12.4 Å². The van der Waals surface area contributed by atoms with Crippen molar-refractivity contribution in [3.63, 3.8) is 0 Å². The molecule has 18 heavy (non-hydrogen) atoms. The monoisotopic (exact) mass is 267 g/mol. The number of halogens is 1. The minimum atomic E-state index is -0.264. The minimum absolute atomic E-state index is 0. The van der Waals surface area contributed by atoms with Gasteiger partial charge in [-0.25, -0.2) is 0 Å². The standard InChI is InChI=1S/C15H21NO.ClH/c1-16(2)15(11-7-4-8-12-15)14(17)13-9-5-3-6-10-13;/h3,5-6,9-10H,4,7-8,11-12H2,1-2H3;1H. The van der Waals surface area contributed by atoms with E-state index >= 15 is 0 Å². The summed E-state index contributed by atoms with van der Waals surface area (Å²) in [5.41, 5.74) is 0.586. The zero-order chi connectivity index (χ0) is 12.3. The second kappa shape index (κ2) is 6.35. The molecule has 0 aromatic heterocycles. The molecule has 3 heteroatoms. The molecule has 1 aliphatic carbocycles. The molecule has 2 nitrogen and oxygen atoms in total. The fourth-order valence-electron chi connectivity index (χ4n) is 2.87. The molecule has 0 saturated heterocycles. The number of carbonyl (C=O) groups is 1. The summed E-state index contributed by atoms with van der Waals surface area (Å²) >= 11 is 0. The molecule has 0 heterocycles. The zero-order valence-electron chi connectivity index (χ0n) is 11.2. The van der Waals surface area contributed by atoms with E-state index < -0.39 is 0 Å². The summed E-state index contributed by atoms with van der Waals surface area (Å²) in [6.07, 6.45) is 5.58. The maximum atomic E-state index is 12.7. The Bertz CT molecular complexity index is 383. The van der Waals surface area contributed by atoms with E-state index in [2.05, 4.69) is 4.90 Å². The van der Waals surface area contributed by atoms with Crippen molar-refractivity contribution in [2.75, 3.05) is 14.1 Å². The highest BCUT2D eigenvalue weighted by atomic mass is 35.5. The fourth-order valence-corrected chi connectivity index (χ4v) is 2.87. The molecule has 1 aromatic rings. The van der Waals surface area contributed by atoms with Gasteiger partial charge in [0.1, 0.15) is 0 Å². The van der Waals surface area contributed by atoms with E-state index in [1.165, 1.54) is 6.42 Å². The number of Topliss-reactive ketones (excluding diaryl/α,β-unsaturated/α-hetero) is 1. The van der Waals surface area contributed by atoms with Gasteiger partial charge >= 0.3 is 0 Å². The van der Waals surface area contributed by atoms with E-state index in [0.717, 1.165) is 31.2 Å². The quantitative estimate of drug-likeness (QED) is 0.781. The molecule has 0 amide bonds. The summed E-state index contributed by atoms with van der Waals surface area (Å²) in [5, 5.41) is 0. The van der Waals surface area contributed by atoms with Gasteiger partial charge in [0, 0.05) is 5.56 Å². The summed E-state index contributed by atoms with van der Waals surface area (Å²) in [6, 6.07) is 9.71. The SMILES string of the molecule is CN(C)C1(C(=O)c2ccccc2)CCCCC1.Cl. The highest BCUT2D eigenvalue weighted by molar-refractivity contribution is 6.03. The normalized spacial score (nSPS) is 18.2. The summed E-state index contributed by atoms with van der Waals surface area (Å²) in [4.78, 5) is 14.8. The Morgan fingerprint density at radius 3 is 2.11 bits per heavy atom. The summed E-state index contributed by atoms with van der Waals surface area (Å²) in [5.74, 6) is 0.294. The molecule has 0 atom stereocenters. The maximum Gasteiger partial charge on any atom is 0.183 e. The van der Waals surface area contributed by atoms with Crippen LogP contribution in [0, 0.1) is 0 Å². The molecule has 1 fully saturated rings. The molecular weight excluding hydrogens is 246 g/mol. The van der Waals surface area contributed by atoms with Crippen molar-refractivity contribution in [3.8, 4) is 0 Å². The van der Waals surface area contributed by atoms with Crippen molar-refractivity contribution in [3.05, 3.63) is 35.9 Å². The van der Waals surface area contributed by atoms with Crippen LogP contribution in [0.5, 0.6) is 0 Å². The molecule has 0 bridgehead atoms. The number of benzene rings is 1. The van der Waals surface area contributed by atoms with Crippen molar-refractivity contribution in [2.24, 2.45) is 0 Å². The molecule has 100 valence electrons. The van der Waals surface area contributed by atoms with E-state index in [9.17, 15) is 4.79 Å². The minimum Gasteiger partial charge on any atom is -0.297 e. The average Bonchev–Trinajstić information content (AvgIpc) is 2.39. The van der Waals surface area contributed by atoms with Gasteiger partial charge in [-0.15, -0.1) is 12.4 Å². The van der Waals surface area contributed by atoms with Crippen LogP contribution < -0.4 is 0 Å². The number of hydrogen-bond donors (Lipinski definition) is 0. The summed E-state index contributed by atoms with van der Waals surface area (Å²) in [6.45, 7) is 0. The van der Waals surface area contributed by atoms with Gasteiger partial charge in [0.25, 0.3) is 0 Å². The van der Waals surface area contributed by atoms with Crippen LogP contribution in [0.3, 0.4) is 0 Å². The molecule has 0 N–H and O–H groups in total. The van der Waals surface area contributed by atoms with Gasteiger partial charge in [0.15, 0.2) is 5.78 Å². The average molecular weight is 268 g/mol. The van der Waals surface area contributed by atoms with Gasteiger partial charge in [-0.1, -0.05) is 49.6 Å². The molecule has 0 aliphatic heterocycles. The lowest BCUT2D eigenvalue weighted by Crippen LogP contribution is -2.52. The van der Waals surface area contributed by atoms with E-state index in [-0.39, 0.29) is 17.9 Å². The first kappa shape index (κ1) is 15.2. The Labute approximate surface area is 116 Å². The number of rotatable bonds is 3. The third kappa shape index (κ3) is 2.76. The smallest absolute Gasteiger partial charge is 0.183 e. The van der Waals surface area contributed by atoms with Crippen LogP contribution in [0.4, 0.5) is 0 Å². The zero-order valence-corrected chi connectivity index (χ0v) is 12.0.